The highest BCUT2D eigenvalue weighted by Gasteiger charge is 2.32. The first-order chi connectivity index (χ1) is 18.6. The Bertz CT molecular complexity index is 1580. The molecule has 5 rings (SSSR count). The Kier molecular flexibility index (Phi) is 7.34. The molecule has 13 heteroatoms. The van der Waals surface area contributed by atoms with E-state index in [0.717, 1.165) is 24.1 Å². The van der Waals surface area contributed by atoms with Crippen LogP contribution in [0.25, 0.3) is 11.4 Å². The molecule has 0 atom stereocenters. The number of nitrogens with one attached hydrogen (secondary N) is 1. The number of aromatic nitrogens is 6. The van der Waals surface area contributed by atoms with Crippen molar-refractivity contribution in [3.63, 3.8) is 0 Å². The van der Waals surface area contributed by atoms with Gasteiger partial charge in [-0.1, -0.05) is 0 Å². The Morgan fingerprint density at radius 1 is 1.13 bits per heavy atom. The highest BCUT2D eigenvalue weighted by atomic mass is 32.2. The molecule has 1 N–H and O–H groups in total. The van der Waals surface area contributed by atoms with Crippen LogP contribution in [0.5, 0.6) is 5.75 Å². The van der Waals surface area contributed by atoms with Gasteiger partial charge in [-0.25, -0.2) is 31.8 Å². The fourth-order valence-corrected chi connectivity index (χ4v) is 4.99. The van der Waals surface area contributed by atoms with Gasteiger partial charge in [-0.15, -0.1) is 0 Å². The maximum atomic E-state index is 14.9. The number of aryl methyl sites for hydroxylation is 1. The smallest absolute Gasteiger partial charge is 0.149 e. The minimum Gasteiger partial charge on any atom is -0.494 e. The van der Waals surface area contributed by atoms with Crippen LogP contribution in [-0.2, 0) is 22.9 Å². The van der Waals surface area contributed by atoms with Gasteiger partial charge in [0.25, 0.3) is 0 Å². The largest absolute Gasteiger partial charge is 0.494 e. The van der Waals surface area contributed by atoms with E-state index in [1.54, 1.807) is 34.6 Å². The van der Waals surface area contributed by atoms with E-state index in [1.807, 2.05) is 6.92 Å². The van der Waals surface area contributed by atoms with E-state index in [9.17, 15) is 17.2 Å². The van der Waals surface area contributed by atoms with Gasteiger partial charge < -0.3 is 10.1 Å². The lowest BCUT2D eigenvalue weighted by Gasteiger charge is -2.11. The van der Waals surface area contributed by atoms with Crippen molar-refractivity contribution in [3.8, 4) is 17.1 Å². The van der Waals surface area contributed by atoms with Crippen LogP contribution < -0.4 is 10.1 Å². The van der Waals surface area contributed by atoms with Gasteiger partial charge in [0, 0.05) is 53.4 Å². The first-order valence-corrected chi connectivity index (χ1v) is 14.7. The molecule has 1 fully saturated rings. The molecule has 206 valence electrons. The van der Waals surface area contributed by atoms with E-state index < -0.39 is 21.5 Å². The molecule has 4 aromatic rings. The van der Waals surface area contributed by atoms with Gasteiger partial charge in [-0.2, -0.15) is 10.2 Å². The lowest BCUT2D eigenvalue weighted by Crippen LogP contribution is -2.14. The zero-order valence-corrected chi connectivity index (χ0v) is 22.7. The minimum absolute atomic E-state index is 0.0857. The summed E-state index contributed by atoms with van der Waals surface area (Å²) in [5.41, 5.74) is 2.75. The van der Waals surface area contributed by atoms with Crippen molar-refractivity contribution in [2.45, 2.75) is 45.7 Å². The average Bonchev–Trinajstić information content (AvgIpc) is 3.55. The minimum atomic E-state index is -3.24. The summed E-state index contributed by atoms with van der Waals surface area (Å²) < 4.78 is 62.0. The van der Waals surface area contributed by atoms with Gasteiger partial charge in [0.15, 0.2) is 0 Å². The van der Waals surface area contributed by atoms with Crippen molar-refractivity contribution in [3.05, 3.63) is 65.2 Å². The van der Waals surface area contributed by atoms with Gasteiger partial charge in [-0.3, -0.25) is 4.68 Å². The third-order valence-corrected chi connectivity index (χ3v) is 7.39. The van der Waals surface area contributed by atoms with E-state index in [4.69, 9.17) is 9.84 Å². The number of anilines is 2. The van der Waals surface area contributed by atoms with Gasteiger partial charge in [0.1, 0.15) is 56.6 Å². The summed E-state index contributed by atoms with van der Waals surface area (Å²) in [6.07, 6.45) is 6.07. The Morgan fingerprint density at radius 2 is 1.87 bits per heavy atom. The SMILES string of the molecule is CCOc1cc(F)c(Cn2nc(-c3cc(Nc4ccncn4)n(CCS(C)(=O)=O)n3)c(C)c2C2CC2)c(F)c1. The van der Waals surface area contributed by atoms with Crippen molar-refractivity contribution >= 4 is 21.5 Å². The molecule has 3 aromatic heterocycles. The maximum Gasteiger partial charge on any atom is 0.149 e. The second-order valence-electron chi connectivity index (χ2n) is 9.58. The topological polar surface area (TPSA) is 117 Å². The number of sulfone groups is 1. The molecule has 1 aliphatic rings. The highest BCUT2D eigenvalue weighted by Crippen LogP contribution is 2.44. The standard InChI is InChI=1S/C26H29F2N7O3S/c1-4-38-18-11-20(27)19(21(28)12-18)14-35-26(17-5-6-17)16(2)25(33-35)22-13-24(31-23-7-8-29-15-30-23)34(32-22)9-10-39(3,36)37/h7-8,11-13,15,17H,4-6,9-10,14H2,1-3H3,(H,29,30,31). The number of rotatable bonds is 11. The number of hydrogen-bond donors (Lipinski definition) is 1. The number of benzene rings is 1. The summed E-state index contributed by atoms with van der Waals surface area (Å²) in [6, 6.07) is 5.81. The zero-order chi connectivity index (χ0) is 27.7. The van der Waals surface area contributed by atoms with Crippen molar-refractivity contribution in [1.82, 2.24) is 29.5 Å². The van der Waals surface area contributed by atoms with Crippen molar-refractivity contribution in [2.75, 3.05) is 23.9 Å². The highest BCUT2D eigenvalue weighted by molar-refractivity contribution is 7.90. The Balaban J connectivity index is 1.53. The van der Waals surface area contributed by atoms with Crippen LogP contribution >= 0.6 is 0 Å². The molecule has 1 saturated carbocycles. The van der Waals surface area contributed by atoms with Crippen LogP contribution in [0.1, 0.15) is 42.5 Å². The van der Waals surface area contributed by atoms with Gasteiger partial charge in [0.2, 0.25) is 0 Å². The van der Waals surface area contributed by atoms with Crippen LogP contribution in [0.3, 0.4) is 0 Å². The average molecular weight is 558 g/mol. The summed E-state index contributed by atoms with van der Waals surface area (Å²) in [6.45, 7) is 4.00. The molecule has 0 aliphatic heterocycles. The summed E-state index contributed by atoms with van der Waals surface area (Å²) in [5.74, 6) is -0.0842. The Hall–Kier alpha value is -3.87. The predicted molar refractivity (Wildman–Crippen MR) is 142 cm³/mol. The molecule has 0 radical (unpaired) electrons. The molecule has 0 spiro atoms. The van der Waals surface area contributed by atoms with E-state index >= 15 is 0 Å². The molecule has 0 bridgehead atoms. The lowest BCUT2D eigenvalue weighted by atomic mass is 10.1. The van der Waals surface area contributed by atoms with Crippen molar-refractivity contribution in [2.24, 2.45) is 0 Å². The molecule has 0 amide bonds. The van der Waals surface area contributed by atoms with Crippen molar-refractivity contribution < 1.29 is 21.9 Å². The Morgan fingerprint density at radius 3 is 2.49 bits per heavy atom. The molecule has 1 aliphatic carbocycles. The molecular weight excluding hydrogens is 528 g/mol. The van der Waals surface area contributed by atoms with Crippen LogP contribution in [0.4, 0.5) is 20.4 Å². The molecule has 3 heterocycles. The van der Waals surface area contributed by atoms with Crippen LogP contribution in [-0.4, -0.2) is 56.6 Å². The second kappa shape index (κ2) is 10.7. The van der Waals surface area contributed by atoms with Crippen LogP contribution in [0.15, 0.2) is 36.8 Å². The molecule has 0 unspecified atom stereocenters. The monoisotopic (exact) mass is 557 g/mol. The normalized spacial score (nSPS) is 13.6. The second-order valence-corrected chi connectivity index (χ2v) is 11.8. The van der Waals surface area contributed by atoms with E-state index in [-0.39, 0.29) is 36.1 Å². The van der Waals surface area contributed by atoms with E-state index in [2.05, 4.69) is 20.4 Å². The lowest BCUT2D eigenvalue weighted by molar-refractivity contribution is 0.335. The Labute approximate surface area is 225 Å². The number of ether oxygens (including phenoxy) is 1. The van der Waals surface area contributed by atoms with E-state index in [0.29, 0.717) is 29.6 Å². The van der Waals surface area contributed by atoms with Crippen LogP contribution in [0.2, 0.25) is 0 Å². The summed E-state index contributed by atoms with van der Waals surface area (Å²) in [7, 11) is -3.24. The van der Waals surface area contributed by atoms with E-state index in [1.165, 1.54) is 24.7 Å². The third-order valence-electron chi connectivity index (χ3n) is 6.47. The number of nitrogens with zero attached hydrogens (tertiary/aromatic N) is 6. The van der Waals surface area contributed by atoms with Gasteiger partial charge in [-0.05, 0) is 32.8 Å². The quantitative estimate of drug-likeness (QED) is 0.291. The molecule has 1 aromatic carbocycles. The fraction of sp³-hybridized carbons (Fsp3) is 0.385. The number of hydrogen-bond acceptors (Lipinski definition) is 8. The number of halogens is 2. The predicted octanol–water partition coefficient (Wildman–Crippen LogP) is 4.24. The van der Waals surface area contributed by atoms with Gasteiger partial charge in [0.05, 0.1) is 25.4 Å². The summed E-state index contributed by atoms with van der Waals surface area (Å²) in [4.78, 5) is 8.09. The zero-order valence-electron chi connectivity index (χ0n) is 21.9. The molecule has 0 saturated heterocycles. The molecule has 39 heavy (non-hydrogen) atoms. The first-order valence-electron chi connectivity index (χ1n) is 12.6. The van der Waals surface area contributed by atoms with Gasteiger partial charge >= 0.3 is 0 Å². The first kappa shape index (κ1) is 26.7. The summed E-state index contributed by atoms with van der Waals surface area (Å²) in [5, 5.41) is 12.6. The molecule has 10 nitrogen and oxygen atoms in total. The molecular formula is C26H29F2N7O3S. The fourth-order valence-electron chi connectivity index (χ4n) is 4.48. The van der Waals surface area contributed by atoms with Crippen molar-refractivity contribution in [1.29, 1.82) is 0 Å². The van der Waals surface area contributed by atoms with Crippen LogP contribution in [0, 0.1) is 18.6 Å². The maximum absolute atomic E-state index is 14.9. The summed E-state index contributed by atoms with van der Waals surface area (Å²) >= 11 is 0. The third kappa shape index (κ3) is 6.08.